The third-order valence-corrected chi connectivity index (χ3v) is 4.46. The fourth-order valence-electron chi connectivity index (χ4n) is 3.52. The van der Waals surface area contributed by atoms with Crippen LogP contribution in [0.15, 0.2) is 42.2 Å². The number of Topliss-reactive ketones (excluding diaryl/α,β-unsaturated/α-hetero) is 1. The highest BCUT2D eigenvalue weighted by Crippen LogP contribution is 2.55. The first-order valence-corrected chi connectivity index (χ1v) is 6.54. The van der Waals surface area contributed by atoms with Crippen molar-refractivity contribution in [1.29, 1.82) is 0 Å². The summed E-state index contributed by atoms with van der Waals surface area (Å²) in [5.74, 6) is 0.126. The average molecular weight is 256 g/mol. The van der Waals surface area contributed by atoms with E-state index in [4.69, 9.17) is 4.74 Å². The van der Waals surface area contributed by atoms with Crippen LogP contribution in [0.4, 0.5) is 0 Å². The van der Waals surface area contributed by atoms with E-state index in [-0.39, 0.29) is 41.0 Å². The molecule has 4 atom stereocenters. The fourth-order valence-corrected chi connectivity index (χ4v) is 3.52. The third kappa shape index (κ3) is 1.65. The van der Waals surface area contributed by atoms with E-state index in [2.05, 4.69) is 6.92 Å². The van der Waals surface area contributed by atoms with E-state index in [0.29, 0.717) is 0 Å². The highest BCUT2D eigenvalue weighted by Gasteiger charge is 2.57. The fraction of sp³-hybridized carbons (Fsp3) is 0.375. The smallest absolute Gasteiger partial charge is 0.201 e. The Hall–Kier alpha value is -1.90. The second kappa shape index (κ2) is 4.34. The number of hydrogen-bond donors (Lipinski definition) is 0. The SMILES string of the molecule is COC1=CC(=O)C2C(C1=O)C(c1ccccc1)[C@@H]2C. The van der Waals surface area contributed by atoms with Crippen LogP contribution < -0.4 is 0 Å². The van der Waals surface area contributed by atoms with Gasteiger partial charge in [0.05, 0.1) is 7.11 Å². The van der Waals surface area contributed by atoms with Crippen molar-refractivity contribution in [3.05, 3.63) is 47.7 Å². The first kappa shape index (κ1) is 12.2. The molecule has 0 saturated heterocycles. The Balaban J connectivity index is 1.98. The molecule has 1 fully saturated rings. The van der Waals surface area contributed by atoms with Crippen molar-refractivity contribution in [3.8, 4) is 0 Å². The lowest BCUT2D eigenvalue weighted by Crippen LogP contribution is -2.53. The van der Waals surface area contributed by atoms with Crippen molar-refractivity contribution in [2.45, 2.75) is 12.8 Å². The Morgan fingerprint density at radius 3 is 2.32 bits per heavy atom. The van der Waals surface area contributed by atoms with Gasteiger partial charge >= 0.3 is 0 Å². The maximum absolute atomic E-state index is 12.3. The lowest BCUT2D eigenvalue weighted by molar-refractivity contribution is -0.144. The number of carbonyl (C=O) groups is 2. The van der Waals surface area contributed by atoms with Crippen LogP contribution in [-0.2, 0) is 14.3 Å². The maximum atomic E-state index is 12.3. The quantitative estimate of drug-likeness (QED) is 0.815. The Morgan fingerprint density at radius 2 is 1.68 bits per heavy atom. The zero-order chi connectivity index (χ0) is 13.6. The normalized spacial score (nSPS) is 33.3. The van der Waals surface area contributed by atoms with E-state index in [0.717, 1.165) is 5.56 Å². The second-order valence-corrected chi connectivity index (χ2v) is 5.33. The number of ether oxygens (including phenoxy) is 1. The number of benzene rings is 1. The summed E-state index contributed by atoms with van der Waals surface area (Å²) in [5.41, 5.74) is 1.13. The van der Waals surface area contributed by atoms with Gasteiger partial charge in [0.25, 0.3) is 0 Å². The van der Waals surface area contributed by atoms with Crippen LogP contribution in [0.2, 0.25) is 0 Å². The molecule has 3 nitrogen and oxygen atoms in total. The molecule has 3 rings (SSSR count). The van der Waals surface area contributed by atoms with E-state index in [1.165, 1.54) is 13.2 Å². The summed E-state index contributed by atoms with van der Waals surface area (Å²) in [5, 5.41) is 0. The summed E-state index contributed by atoms with van der Waals surface area (Å²) < 4.78 is 5.04. The Bertz CT molecular complexity index is 559. The molecule has 2 aliphatic rings. The Labute approximate surface area is 112 Å². The van der Waals surface area contributed by atoms with Gasteiger partial charge in [-0.05, 0) is 17.4 Å². The molecule has 0 aromatic heterocycles. The number of carbonyl (C=O) groups excluding carboxylic acids is 2. The molecule has 0 spiro atoms. The zero-order valence-corrected chi connectivity index (χ0v) is 11.0. The van der Waals surface area contributed by atoms with E-state index in [1.807, 2.05) is 30.3 Å². The van der Waals surface area contributed by atoms with Gasteiger partial charge in [0.1, 0.15) is 0 Å². The summed E-state index contributed by atoms with van der Waals surface area (Å²) in [6.45, 7) is 2.05. The molecule has 0 heterocycles. The molecule has 1 aromatic carbocycles. The van der Waals surface area contributed by atoms with Gasteiger partial charge in [-0.3, -0.25) is 9.59 Å². The summed E-state index contributed by atoms with van der Waals surface area (Å²) >= 11 is 0. The van der Waals surface area contributed by atoms with Gasteiger partial charge < -0.3 is 4.74 Å². The first-order valence-electron chi connectivity index (χ1n) is 6.54. The molecule has 0 radical (unpaired) electrons. The average Bonchev–Trinajstić information content (AvgIpc) is 2.41. The Morgan fingerprint density at radius 1 is 1.00 bits per heavy atom. The second-order valence-electron chi connectivity index (χ2n) is 5.33. The van der Waals surface area contributed by atoms with Gasteiger partial charge in [0.15, 0.2) is 11.5 Å². The molecule has 0 amide bonds. The van der Waals surface area contributed by atoms with Crippen LogP contribution in [0.3, 0.4) is 0 Å². The number of ketones is 2. The van der Waals surface area contributed by atoms with Crippen LogP contribution in [0.25, 0.3) is 0 Å². The van der Waals surface area contributed by atoms with Crippen molar-refractivity contribution < 1.29 is 14.3 Å². The first-order chi connectivity index (χ1) is 9.15. The zero-order valence-electron chi connectivity index (χ0n) is 11.0. The summed E-state index contributed by atoms with van der Waals surface area (Å²) in [7, 11) is 1.44. The van der Waals surface area contributed by atoms with Crippen LogP contribution in [0.1, 0.15) is 18.4 Å². The predicted octanol–water partition coefficient (Wildman–Crippen LogP) is 2.33. The van der Waals surface area contributed by atoms with Crippen molar-refractivity contribution in [2.75, 3.05) is 7.11 Å². The number of allylic oxidation sites excluding steroid dienone is 2. The molecular weight excluding hydrogens is 240 g/mol. The van der Waals surface area contributed by atoms with E-state index >= 15 is 0 Å². The van der Waals surface area contributed by atoms with Gasteiger partial charge in [-0.1, -0.05) is 37.3 Å². The third-order valence-electron chi connectivity index (χ3n) is 4.46. The topological polar surface area (TPSA) is 43.4 Å². The van der Waals surface area contributed by atoms with Crippen molar-refractivity contribution in [1.82, 2.24) is 0 Å². The van der Waals surface area contributed by atoms with Crippen LogP contribution >= 0.6 is 0 Å². The Kier molecular flexibility index (Phi) is 2.77. The standard InChI is InChI=1S/C16H16O3/c1-9-13(10-6-4-3-5-7-10)15-14(9)11(17)8-12(19-2)16(15)18/h3-9,13-15H,1-2H3/t9-,13?,14?,15?/m0/s1. The lowest BCUT2D eigenvalue weighted by atomic mass is 9.51. The maximum Gasteiger partial charge on any atom is 0.201 e. The molecule has 3 unspecified atom stereocenters. The molecule has 2 aliphatic carbocycles. The molecule has 98 valence electrons. The minimum Gasteiger partial charge on any atom is -0.493 e. The molecule has 0 aliphatic heterocycles. The molecule has 19 heavy (non-hydrogen) atoms. The van der Waals surface area contributed by atoms with Gasteiger partial charge in [0.2, 0.25) is 5.78 Å². The van der Waals surface area contributed by atoms with Crippen molar-refractivity contribution in [2.24, 2.45) is 17.8 Å². The van der Waals surface area contributed by atoms with Gasteiger partial charge in [-0.25, -0.2) is 0 Å². The minimum atomic E-state index is -0.246. The number of hydrogen-bond acceptors (Lipinski definition) is 3. The predicted molar refractivity (Wildman–Crippen MR) is 70.4 cm³/mol. The monoisotopic (exact) mass is 256 g/mol. The lowest BCUT2D eigenvalue weighted by Gasteiger charge is -2.50. The number of fused-ring (bicyclic) bond motifs is 1. The van der Waals surface area contributed by atoms with E-state index in [1.54, 1.807) is 0 Å². The van der Waals surface area contributed by atoms with Gasteiger partial charge in [0, 0.05) is 17.9 Å². The van der Waals surface area contributed by atoms with Gasteiger partial charge in [-0.15, -0.1) is 0 Å². The van der Waals surface area contributed by atoms with E-state index in [9.17, 15) is 9.59 Å². The highest BCUT2D eigenvalue weighted by atomic mass is 16.5. The molecule has 0 bridgehead atoms. The summed E-state index contributed by atoms with van der Waals surface area (Å²) in [4.78, 5) is 24.4. The number of methoxy groups -OCH3 is 1. The van der Waals surface area contributed by atoms with Crippen molar-refractivity contribution in [3.63, 3.8) is 0 Å². The van der Waals surface area contributed by atoms with E-state index < -0.39 is 0 Å². The molecule has 1 aromatic rings. The minimum absolute atomic E-state index is 0.0287. The summed E-state index contributed by atoms with van der Waals surface area (Å²) in [6, 6.07) is 9.95. The molecular formula is C16H16O3. The van der Waals surface area contributed by atoms with Crippen LogP contribution in [0.5, 0.6) is 0 Å². The molecule has 3 heteroatoms. The number of rotatable bonds is 2. The van der Waals surface area contributed by atoms with Gasteiger partial charge in [-0.2, -0.15) is 0 Å². The highest BCUT2D eigenvalue weighted by molar-refractivity contribution is 6.11. The molecule has 0 N–H and O–H groups in total. The van der Waals surface area contributed by atoms with Crippen molar-refractivity contribution >= 4 is 11.6 Å². The largest absolute Gasteiger partial charge is 0.493 e. The molecule has 1 saturated carbocycles. The van der Waals surface area contributed by atoms with Crippen LogP contribution in [-0.4, -0.2) is 18.7 Å². The van der Waals surface area contributed by atoms with Crippen LogP contribution in [0, 0.1) is 17.8 Å². The summed E-state index contributed by atoms with van der Waals surface area (Å²) in [6.07, 6.45) is 1.36.